The third kappa shape index (κ3) is 3.99. The van der Waals surface area contributed by atoms with E-state index in [4.69, 9.17) is 15.2 Å². The fourth-order valence-electron chi connectivity index (χ4n) is 2.50. The van der Waals surface area contributed by atoms with E-state index in [1.807, 2.05) is 24.3 Å². The summed E-state index contributed by atoms with van der Waals surface area (Å²) < 4.78 is 11.6. The highest BCUT2D eigenvalue weighted by Crippen LogP contribution is 2.24. The molecule has 0 aliphatic carbocycles. The molecular weight excluding hydrogens is 262 g/mol. The van der Waals surface area contributed by atoms with E-state index in [2.05, 4.69) is 32.9 Å². The van der Waals surface area contributed by atoms with Gasteiger partial charge in [0.1, 0.15) is 24.7 Å². The summed E-state index contributed by atoms with van der Waals surface area (Å²) in [5.74, 6) is 1.79. The molecule has 0 aliphatic rings. The molecule has 2 N–H and O–H groups in total. The predicted molar refractivity (Wildman–Crippen MR) is 86.0 cm³/mol. The van der Waals surface area contributed by atoms with Gasteiger partial charge in [0.25, 0.3) is 0 Å². The number of ether oxygens (including phenoxy) is 2. The molecule has 0 saturated heterocycles. The van der Waals surface area contributed by atoms with Crippen LogP contribution in [0.15, 0.2) is 36.4 Å². The van der Waals surface area contributed by atoms with Gasteiger partial charge >= 0.3 is 0 Å². The normalized spacial score (nSPS) is 10.5. The molecule has 0 unspecified atom stereocenters. The summed E-state index contributed by atoms with van der Waals surface area (Å²) in [6, 6.07) is 12.1. The summed E-state index contributed by atoms with van der Waals surface area (Å²) in [5, 5.41) is 0. The zero-order valence-corrected chi connectivity index (χ0v) is 13.0. The Balaban J connectivity index is 1.91. The second kappa shape index (κ2) is 7.14. The van der Waals surface area contributed by atoms with Gasteiger partial charge in [0, 0.05) is 12.1 Å². The van der Waals surface area contributed by atoms with Crippen molar-refractivity contribution < 1.29 is 9.47 Å². The van der Waals surface area contributed by atoms with Crippen LogP contribution in [0.5, 0.6) is 11.5 Å². The average molecular weight is 285 g/mol. The molecule has 0 aliphatic heterocycles. The van der Waals surface area contributed by atoms with Crippen molar-refractivity contribution in [2.45, 2.75) is 27.3 Å². The molecule has 0 atom stereocenters. The number of hydrogen-bond donors (Lipinski definition) is 1. The van der Waals surface area contributed by atoms with Gasteiger partial charge in [0.05, 0.1) is 0 Å². The summed E-state index contributed by atoms with van der Waals surface area (Å²) >= 11 is 0. The molecule has 0 saturated carbocycles. The van der Waals surface area contributed by atoms with Crippen molar-refractivity contribution >= 4 is 0 Å². The monoisotopic (exact) mass is 285 g/mol. The Hall–Kier alpha value is -2.00. The largest absolute Gasteiger partial charge is 0.490 e. The average Bonchev–Trinajstić information content (AvgIpc) is 2.45. The topological polar surface area (TPSA) is 44.5 Å². The molecular formula is C18H23NO2. The number of para-hydroxylation sites is 1. The first-order valence-corrected chi connectivity index (χ1v) is 7.23. The Bertz CT molecular complexity index is 585. The Morgan fingerprint density at radius 3 is 2.19 bits per heavy atom. The SMILES string of the molecule is Cc1cc(C)c(OCCOc2ccccc2CN)c(C)c1. The van der Waals surface area contributed by atoms with Gasteiger partial charge in [-0.25, -0.2) is 0 Å². The molecule has 2 aromatic rings. The van der Waals surface area contributed by atoms with Gasteiger partial charge < -0.3 is 15.2 Å². The quantitative estimate of drug-likeness (QED) is 0.826. The fraction of sp³-hybridized carbons (Fsp3) is 0.333. The van der Waals surface area contributed by atoms with Gasteiger partial charge in [0.15, 0.2) is 0 Å². The smallest absolute Gasteiger partial charge is 0.125 e. The maximum Gasteiger partial charge on any atom is 0.125 e. The van der Waals surface area contributed by atoms with Crippen LogP contribution in [0.2, 0.25) is 0 Å². The minimum absolute atomic E-state index is 0.479. The maximum atomic E-state index is 5.86. The number of benzene rings is 2. The van der Waals surface area contributed by atoms with E-state index in [-0.39, 0.29) is 0 Å². The second-order valence-electron chi connectivity index (χ2n) is 5.24. The van der Waals surface area contributed by atoms with E-state index in [1.165, 1.54) is 5.56 Å². The molecule has 21 heavy (non-hydrogen) atoms. The van der Waals surface area contributed by atoms with Crippen LogP contribution in [0, 0.1) is 20.8 Å². The molecule has 0 bridgehead atoms. The lowest BCUT2D eigenvalue weighted by Gasteiger charge is -2.14. The number of nitrogens with two attached hydrogens (primary N) is 1. The fourth-order valence-corrected chi connectivity index (χ4v) is 2.50. The molecule has 0 heterocycles. The third-order valence-corrected chi connectivity index (χ3v) is 3.38. The lowest BCUT2D eigenvalue weighted by molar-refractivity contribution is 0.214. The minimum atomic E-state index is 0.479. The highest BCUT2D eigenvalue weighted by Gasteiger charge is 2.05. The first-order valence-electron chi connectivity index (χ1n) is 7.23. The summed E-state index contributed by atoms with van der Waals surface area (Å²) in [6.45, 7) is 7.73. The second-order valence-corrected chi connectivity index (χ2v) is 5.24. The van der Waals surface area contributed by atoms with Gasteiger partial charge in [0.2, 0.25) is 0 Å². The third-order valence-electron chi connectivity index (χ3n) is 3.38. The molecule has 2 aromatic carbocycles. The Morgan fingerprint density at radius 1 is 0.905 bits per heavy atom. The number of aryl methyl sites for hydroxylation is 3. The first kappa shape index (κ1) is 15.4. The standard InChI is InChI=1S/C18H23NO2/c1-13-10-14(2)18(15(3)11-13)21-9-8-20-17-7-5-4-6-16(17)12-19/h4-7,10-11H,8-9,12,19H2,1-3H3. The summed E-state index contributed by atoms with van der Waals surface area (Å²) in [6.07, 6.45) is 0. The van der Waals surface area contributed by atoms with E-state index in [0.717, 1.165) is 28.2 Å². The molecule has 0 spiro atoms. The molecule has 3 heteroatoms. The van der Waals surface area contributed by atoms with Crippen LogP contribution < -0.4 is 15.2 Å². The van der Waals surface area contributed by atoms with E-state index >= 15 is 0 Å². The molecule has 0 amide bonds. The molecule has 112 valence electrons. The molecule has 0 radical (unpaired) electrons. The Morgan fingerprint density at radius 2 is 1.52 bits per heavy atom. The predicted octanol–water partition coefficient (Wildman–Crippen LogP) is 3.53. The van der Waals surface area contributed by atoms with Crippen molar-refractivity contribution in [2.24, 2.45) is 5.73 Å². The van der Waals surface area contributed by atoms with Gasteiger partial charge in [-0.2, -0.15) is 0 Å². The van der Waals surface area contributed by atoms with Crippen molar-refractivity contribution in [1.82, 2.24) is 0 Å². The zero-order chi connectivity index (χ0) is 15.2. The van der Waals surface area contributed by atoms with E-state index in [1.54, 1.807) is 0 Å². The number of rotatable bonds is 6. The highest BCUT2D eigenvalue weighted by molar-refractivity contribution is 5.42. The van der Waals surface area contributed by atoms with Gasteiger partial charge in [-0.1, -0.05) is 35.9 Å². The van der Waals surface area contributed by atoms with Crippen molar-refractivity contribution in [3.8, 4) is 11.5 Å². The summed E-state index contributed by atoms with van der Waals surface area (Å²) in [4.78, 5) is 0. The van der Waals surface area contributed by atoms with Gasteiger partial charge in [-0.15, -0.1) is 0 Å². The minimum Gasteiger partial charge on any atom is -0.490 e. The Kier molecular flexibility index (Phi) is 5.23. The van der Waals surface area contributed by atoms with Crippen LogP contribution in [0.4, 0.5) is 0 Å². The molecule has 0 aromatic heterocycles. The van der Waals surface area contributed by atoms with Crippen molar-refractivity contribution in [1.29, 1.82) is 0 Å². The summed E-state index contributed by atoms with van der Waals surface area (Å²) in [5.41, 5.74) is 10.3. The Labute approximate surface area is 126 Å². The van der Waals surface area contributed by atoms with Crippen molar-refractivity contribution in [2.75, 3.05) is 13.2 Å². The van der Waals surface area contributed by atoms with E-state index in [0.29, 0.717) is 19.8 Å². The lowest BCUT2D eigenvalue weighted by atomic mass is 10.1. The molecule has 0 fully saturated rings. The van der Waals surface area contributed by atoms with E-state index in [9.17, 15) is 0 Å². The molecule has 3 nitrogen and oxygen atoms in total. The van der Waals surface area contributed by atoms with Crippen LogP contribution in [-0.2, 0) is 6.54 Å². The molecule has 2 rings (SSSR count). The number of hydrogen-bond acceptors (Lipinski definition) is 3. The van der Waals surface area contributed by atoms with Crippen LogP contribution in [-0.4, -0.2) is 13.2 Å². The lowest BCUT2D eigenvalue weighted by Crippen LogP contribution is -2.12. The first-order chi connectivity index (χ1) is 10.1. The highest BCUT2D eigenvalue weighted by atomic mass is 16.5. The maximum absolute atomic E-state index is 5.86. The van der Waals surface area contributed by atoms with E-state index < -0.39 is 0 Å². The van der Waals surface area contributed by atoms with Crippen LogP contribution in [0.1, 0.15) is 22.3 Å². The van der Waals surface area contributed by atoms with Crippen LogP contribution >= 0.6 is 0 Å². The van der Waals surface area contributed by atoms with Crippen LogP contribution in [0.25, 0.3) is 0 Å². The van der Waals surface area contributed by atoms with Crippen LogP contribution in [0.3, 0.4) is 0 Å². The summed E-state index contributed by atoms with van der Waals surface area (Å²) in [7, 11) is 0. The van der Waals surface area contributed by atoms with Crippen molar-refractivity contribution in [3.63, 3.8) is 0 Å². The zero-order valence-electron chi connectivity index (χ0n) is 13.0. The van der Waals surface area contributed by atoms with Gasteiger partial charge in [-0.05, 0) is 38.0 Å². The van der Waals surface area contributed by atoms with Crippen molar-refractivity contribution in [3.05, 3.63) is 58.7 Å². The van der Waals surface area contributed by atoms with Gasteiger partial charge in [-0.3, -0.25) is 0 Å².